The first-order chi connectivity index (χ1) is 13.7. The number of benzene rings is 2. The molecule has 0 bridgehead atoms. The van der Waals surface area contributed by atoms with Gasteiger partial charge in [0, 0.05) is 30.7 Å². The molecule has 144 valence electrons. The Bertz CT molecular complexity index is 945. The molecule has 1 unspecified atom stereocenters. The summed E-state index contributed by atoms with van der Waals surface area (Å²) >= 11 is 0. The fourth-order valence-electron chi connectivity index (χ4n) is 3.70. The Morgan fingerprint density at radius 1 is 1.07 bits per heavy atom. The van der Waals surface area contributed by atoms with Crippen molar-refractivity contribution < 1.29 is 9.53 Å². The Morgan fingerprint density at radius 3 is 2.54 bits per heavy atom. The van der Waals surface area contributed by atoms with E-state index < -0.39 is 0 Å². The SMILES string of the molecule is CCOc1ccc(NC(=O)N2CCn3cccc3C2c2ccc(C)cc2)cc1. The number of nitrogens with zero attached hydrogens (tertiary/aromatic N) is 2. The maximum Gasteiger partial charge on any atom is 0.322 e. The van der Waals surface area contributed by atoms with Crippen LogP contribution in [0.1, 0.15) is 29.8 Å². The third-order valence-electron chi connectivity index (χ3n) is 5.11. The zero-order valence-electron chi connectivity index (χ0n) is 16.3. The standard InChI is InChI=1S/C23H25N3O2/c1-3-28-20-12-10-19(11-13-20)24-23(27)26-16-15-25-14-4-5-21(25)22(26)18-8-6-17(2)7-9-18/h4-14,22H,3,15-16H2,1-2H3,(H,24,27). The molecule has 1 aliphatic heterocycles. The molecule has 0 aliphatic carbocycles. The van der Waals surface area contributed by atoms with Crippen LogP contribution in [0.25, 0.3) is 0 Å². The van der Waals surface area contributed by atoms with Crippen molar-refractivity contribution in [2.24, 2.45) is 0 Å². The van der Waals surface area contributed by atoms with Crippen molar-refractivity contribution in [2.75, 3.05) is 18.5 Å². The fraction of sp³-hybridized carbons (Fsp3) is 0.261. The number of hydrogen-bond donors (Lipinski definition) is 1. The molecule has 0 saturated heterocycles. The predicted molar refractivity (Wildman–Crippen MR) is 111 cm³/mol. The molecule has 2 aromatic carbocycles. The minimum atomic E-state index is -0.105. The third kappa shape index (κ3) is 3.60. The van der Waals surface area contributed by atoms with E-state index in [0.717, 1.165) is 29.2 Å². The molecule has 5 nitrogen and oxygen atoms in total. The van der Waals surface area contributed by atoms with E-state index in [1.165, 1.54) is 5.56 Å². The van der Waals surface area contributed by atoms with Gasteiger partial charge in [-0.3, -0.25) is 0 Å². The van der Waals surface area contributed by atoms with E-state index in [2.05, 4.69) is 53.3 Å². The second-order valence-corrected chi connectivity index (χ2v) is 7.02. The van der Waals surface area contributed by atoms with Gasteiger partial charge in [0.2, 0.25) is 0 Å². The molecule has 5 heteroatoms. The second kappa shape index (κ2) is 7.80. The van der Waals surface area contributed by atoms with Crippen molar-refractivity contribution in [3.8, 4) is 5.75 Å². The molecule has 0 saturated carbocycles. The molecule has 1 aromatic heterocycles. The zero-order chi connectivity index (χ0) is 19.5. The highest BCUT2D eigenvalue weighted by molar-refractivity contribution is 5.90. The molecular weight excluding hydrogens is 350 g/mol. The van der Waals surface area contributed by atoms with Gasteiger partial charge in [-0.05, 0) is 55.8 Å². The van der Waals surface area contributed by atoms with Crippen molar-refractivity contribution in [2.45, 2.75) is 26.4 Å². The number of aromatic nitrogens is 1. The predicted octanol–water partition coefficient (Wildman–Crippen LogP) is 4.83. The average Bonchev–Trinajstić information content (AvgIpc) is 3.18. The zero-order valence-corrected chi connectivity index (χ0v) is 16.3. The molecule has 0 radical (unpaired) electrons. The van der Waals surface area contributed by atoms with Crippen LogP contribution in [0, 0.1) is 6.92 Å². The van der Waals surface area contributed by atoms with Crippen LogP contribution in [0.15, 0.2) is 66.9 Å². The normalized spacial score (nSPS) is 15.8. The van der Waals surface area contributed by atoms with Gasteiger partial charge in [-0.25, -0.2) is 4.79 Å². The van der Waals surface area contributed by atoms with Crippen LogP contribution in [0.5, 0.6) is 5.75 Å². The molecule has 3 aromatic rings. The van der Waals surface area contributed by atoms with E-state index in [4.69, 9.17) is 4.74 Å². The minimum Gasteiger partial charge on any atom is -0.494 e. The number of fused-ring (bicyclic) bond motifs is 1. The van der Waals surface area contributed by atoms with E-state index in [1.54, 1.807) is 0 Å². The molecule has 1 N–H and O–H groups in total. The highest BCUT2D eigenvalue weighted by atomic mass is 16.5. The number of rotatable bonds is 4. The highest BCUT2D eigenvalue weighted by Gasteiger charge is 2.32. The number of hydrogen-bond acceptors (Lipinski definition) is 2. The van der Waals surface area contributed by atoms with Gasteiger partial charge in [0.15, 0.2) is 0 Å². The lowest BCUT2D eigenvalue weighted by Crippen LogP contribution is -2.44. The maximum atomic E-state index is 13.1. The first-order valence-corrected chi connectivity index (χ1v) is 9.68. The summed E-state index contributed by atoms with van der Waals surface area (Å²) in [6.45, 7) is 6.10. The number of amides is 2. The number of nitrogens with one attached hydrogen (secondary N) is 1. The summed E-state index contributed by atoms with van der Waals surface area (Å²) in [6.07, 6.45) is 2.08. The van der Waals surface area contributed by atoms with Crippen molar-refractivity contribution in [3.63, 3.8) is 0 Å². The van der Waals surface area contributed by atoms with Crippen LogP contribution < -0.4 is 10.1 Å². The maximum absolute atomic E-state index is 13.1. The molecule has 4 rings (SSSR count). The van der Waals surface area contributed by atoms with Gasteiger partial charge < -0.3 is 19.5 Å². The Kier molecular flexibility index (Phi) is 5.06. The van der Waals surface area contributed by atoms with Crippen LogP contribution in [-0.2, 0) is 6.54 Å². The lowest BCUT2D eigenvalue weighted by Gasteiger charge is -2.37. The van der Waals surface area contributed by atoms with Gasteiger partial charge in [0.25, 0.3) is 0 Å². The molecule has 0 fully saturated rings. The molecule has 28 heavy (non-hydrogen) atoms. The number of carbonyl (C=O) groups excluding carboxylic acids is 1. The van der Waals surface area contributed by atoms with Gasteiger partial charge in [-0.15, -0.1) is 0 Å². The summed E-state index contributed by atoms with van der Waals surface area (Å²) in [4.78, 5) is 15.0. The fourth-order valence-corrected chi connectivity index (χ4v) is 3.70. The van der Waals surface area contributed by atoms with Crippen LogP contribution in [-0.4, -0.2) is 28.6 Å². The molecule has 2 amide bonds. The highest BCUT2D eigenvalue weighted by Crippen LogP contribution is 2.33. The summed E-state index contributed by atoms with van der Waals surface area (Å²) in [5, 5.41) is 3.04. The molecular formula is C23H25N3O2. The summed E-state index contributed by atoms with van der Waals surface area (Å²) in [7, 11) is 0. The van der Waals surface area contributed by atoms with Crippen LogP contribution in [0.2, 0.25) is 0 Å². The van der Waals surface area contributed by atoms with E-state index >= 15 is 0 Å². The Balaban J connectivity index is 1.59. The van der Waals surface area contributed by atoms with Gasteiger partial charge in [0.05, 0.1) is 12.6 Å². The molecule has 0 spiro atoms. The van der Waals surface area contributed by atoms with E-state index in [1.807, 2.05) is 42.2 Å². The van der Waals surface area contributed by atoms with E-state index in [-0.39, 0.29) is 12.1 Å². The van der Waals surface area contributed by atoms with E-state index in [0.29, 0.717) is 13.2 Å². The number of anilines is 1. The van der Waals surface area contributed by atoms with Crippen LogP contribution >= 0.6 is 0 Å². The molecule has 1 atom stereocenters. The average molecular weight is 375 g/mol. The lowest BCUT2D eigenvalue weighted by molar-refractivity contribution is 0.182. The van der Waals surface area contributed by atoms with Gasteiger partial charge in [0.1, 0.15) is 5.75 Å². The van der Waals surface area contributed by atoms with Gasteiger partial charge in [-0.1, -0.05) is 29.8 Å². The van der Waals surface area contributed by atoms with Crippen molar-refractivity contribution in [3.05, 3.63) is 83.7 Å². The van der Waals surface area contributed by atoms with Crippen molar-refractivity contribution >= 4 is 11.7 Å². The minimum absolute atomic E-state index is 0.0952. The summed E-state index contributed by atoms with van der Waals surface area (Å²) in [5.74, 6) is 0.800. The Morgan fingerprint density at radius 2 is 1.82 bits per heavy atom. The quantitative estimate of drug-likeness (QED) is 0.710. The number of urea groups is 1. The lowest BCUT2D eigenvalue weighted by atomic mass is 9.99. The number of carbonyl (C=O) groups is 1. The summed E-state index contributed by atoms with van der Waals surface area (Å²) in [6, 6.07) is 19.8. The topological polar surface area (TPSA) is 46.5 Å². The van der Waals surface area contributed by atoms with Crippen molar-refractivity contribution in [1.29, 1.82) is 0 Å². The largest absolute Gasteiger partial charge is 0.494 e. The van der Waals surface area contributed by atoms with Crippen LogP contribution in [0.4, 0.5) is 10.5 Å². The Hall–Kier alpha value is -3.21. The smallest absolute Gasteiger partial charge is 0.322 e. The van der Waals surface area contributed by atoms with Gasteiger partial charge in [-0.2, -0.15) is 0 Å². The molecule has 1 aliphatic rings. The summed E-state index contributed by atoms with van der Waals surface area (Å²) < 4.78 is 7.70. The summed E-state index contributed by atoms with van der Waals surface area (Å²) in [5.41, 5.74) is 4.22. The monoisotopic (exact) mass is 375 g/mol. The Labute approximate surface area is 165 Å². The van der Waals surface area contributed by atoms with Gasteiger partial charge >= 0.3 is 6.03 Å². The van der Waals surface area contributed by atoms with E-state index in [9.17, 15) is 4.79 Å². The van der Waals surface area contributed by atoms with Crippen LogP contribution in [0.3, 0.4) is 0 Å². The number of ether oxygens (including phenoxy) is 1. The first-order valence-electron chi connectivity index (χ1n) is 9.68. The number of aryl methyl sites for hydroxylation is 1. The molecule has 2 heterocycles. The first kappa shape index (κ1) is 18.2. The second-order valence-electron chi connectivity index (χ2n) is 7.02. The third-order valence-corrected chi connectivity index (χ3v) is 5.11. The van der Waals surface area contributed by atoms with Crippen molar-refractivity contribution in [1.82, 2.24) is 9.47 Å².